The van der Waals surface area contributed by atoms with Crippen molar-refractivity contribution in [3.63, 3.8) is 0 Å². The number of hydrogen-bond donors (Lipinski definition) is 0. The van der Waals surface area contributed by atoms with E-state index in [1.165, 1.54) is 30.3 Å². The minimum atomic E-state index is -0.997. The van der Waals surface area contributed by atoms with Crippen LogP contribution in [-0.2, 0) is 0 Å². The molecule has 1 aromatic carbocycles. The van der Waals surface area contributed by atoms with Gasteiger partial charge >= 0.3 is 0 Å². The molecule has 0 amide bonds. The molecule has 0 spiro atoms. The van der Waals surface area contributed by atoms with Crippen molar-refractivity contribution in [3.8, 4) is 6.07 Å². The van der Waals surface area contributed by atoms with E-state index in [1.807, 2.05) is 6.07 Å². The number of furan rings is 1. The molecule has 2 rings (SSSR count). The average molecular weight is 308 g/mol. The van der Waals surface area contributed by atoms with Gasteiger partial charge in [0, 0.05) is 0 Å². The van der Waals surface area contributed by atoms with Crippen LogP contribution in [0, 0.1) is 17.1 Å². The number of carbonyl (C=O) groups is 1. The van der Waals surface area contributed by atoms with Gasteiger partial charge in [0.05, 0.1) is 6.07 Å². The summed E-state index contributed by atoms with van der Waals surface area (Å²) >= 11 is 3.09. The number of hydrogen-bond acceptors (Lipinski definition) is 3. The SMILES string of the molecule is N#CC(C(=O)c1ccc(Br)o1)c1ccc(F)cc1. The van der Waals surface area contributed by atoms with Crippen molar-refractivity contribution in [1.82, 2.24) is 0 Å². The van der Waals surface area contributed by atoms with Gasteiger partial charge in [0.15, 0.2) is 10.4 Å². The fourth-order valence-electron chi connectivity index (χ4n) is 1.53. The Morgan fingerprint density at radius 1 is 1.28 bits per heavy atom. The van der Waals surface area contributed by atoms with Gasteiger partial charge in [-0.2, -0.15) is 5.26 Å². The van der Waals surface area contributed by atoms with Crippen molar-refractivity contribution < 1.29 is 13.6 Å². The molecule has 0 aliphatic rings. The minimum Gasteiger partial charge on any atom is -0.446 e. The molecule has 0 radical (unpaired) electrons. The number of nitriles is 1. The van der Waals surface area contributed by atoms with E-state index in [-0.39, 0.29) is 5.76 Å². The van der Waals surface area contributed by atoms with Gasteiger partial charge in [-0.3, -0.25) is 4.79 Å². The van der Waals surface area contributed by atoms with Crippen molar-refractivity contribution in [2.45, 2.75) is 5.92 Å². The van der Waals surface area contributed by atoms with Gasteiger partial charge in [-0.15, -0.1) is 0 Å². The van der Waals surface area contributed by atoms with Gasteiger partial charge in [-0.05, 0) is 45.8 Å². The molecule has 0 aliphatic heterocycles. The van der Waals surface area contributed by atoms with Crippen LogP contribution in [0.4, 0.5) is 4.39 Å². The van der Waals surface area contributed by atoms with Crippen LogP contribution in [0.1, 0.15) is 22.0 Å². The van der Waals surface area contributed by atoms with Crippen LogP contribution < -0.4 is 0 Å². The molecule has 1 heterocycles. The summed E-state index contributed by atoms with van der Waals surface area (Å²) in [6, 6.07) is 10.2. The molecule has 1 unspecified atom stereocenters. The molecule has 3 nitrogen and oxygen atoms in total. The molecular weight excluding hydrogens is 301 g/mol. The second-order valence-electron chi connectivity index (χ2n) is 3.58. The first-order chi connectivity index (χ1) is 8.61. The maximum Gasteiger partial charge on any atom is 0.219 e. The summed E-state index contributed by atoms with van der Waals surface area (Å²) in [5.41, 5.74) is 0.441. The molecule has 0 N–H and O–H groups in total. The highest BCUT2D eigenvalue weighted by Crippen LogP contribution is 2.23. The zero-order chi connectivity index (χ0) is 13.1. The number of ketones is 1. The van der Waals surface area contributed by atoms with Gasteiger partial charge < -0.3 is 4.42 Å². The smallest absolute Gasteiger partial charge is 0.219 e. The van der Waals surface area contributed by atoms with Crippen LogP contribution in [0.2, 0.25) is 0 Å². The molecule has 5 heteroatoms. The lowest BCUT2D eigenvalue weighted by molar-refractivity contribution is 0.0950. The number of Topliss-reactive ketones (excluding diaryl/α,β-unsaturated/α-hetero) is 1. The second kappa shape index (κ2) is 5.15. The lowest BCUT2D eigenvalue weighted by Crippen LogP contribution is -2.10. The minimum absolute atomic E-state index is 0.0951. The van der Waals surface area contributed by atoms with Crippen LogP contribution in [0.15, 0.2) is 45.5 Å². The Balaban J connectivity index is 2.32. The van der Waals surface area contributed by atoms with E-state index in [2.05, 4.69) is 15.9 Å². The van der Waals surface area contributed by atoms with Crippen LogP contribution in [0.3, 0.4) is 0 Å². The van der Waals surface area contributed by atoms with Crippen molar-refractivity contribution in [2.24, 2.45) is 0 Å². The number of nitrogens with zero attached hydrogens (tertiary/aromatic N) is 1. The number of carbonyl (C=O) groups excluding carboxylic acids is 1. The van der Waals surface area contributed by atoms with Gasteiger partial charge in [0.25, 0.3) is 0 Å². The molecule has 2 aromatic rings. The van der Waals surface area contributed by atoms with Gasteiger partial charge in [-0.1, -0.05) is 12.1 Å². The van der Waals surface area contributed by atoms with Crippen LogP contribution in [0.5, 0.6) is 0 Å². The lowest BCUT2D eigenvalue weighted by Gasteiger charge is -2.06. The van der Waals surface area contributed by atoms with Gasteiger partial charge in [0.2, 0.25) is 5.78 Å². The summed E-state index contributed by atoms with van der Waals surface area (Å²) < 4.78 is 18.3. The Morgan fingerprint density at radius 2 is 1.94 bits per heavy atom. The van der Waals surface area contributed by atoms with Crippen LogP contribution in [-0.4, -0.2) is 5.78 Å². The highest BCUT2D eigenvalue weighted by Gasteiger charge is 2.24. The van der Waals surface area contributed by atoms with Crippen molar-refractivity contribution >= 4 is 21.7 Å². The summed E-state index contributed by atoms with van der Waals surface area (Å²) in [5.74, 6) is -1.76. The summed E-state index contributed by atoms with van der Waals surface area (Å²) in [4.78, 5) is 12.0. The second-order valence-corrected chi connectivity index (χ2v) is 4.36. The van der Waals surface area contributed by atoms with Crippen molar-refractivity contribution in [3.05, 3.63) is 58.2 Å². The fraction of sp³-hybridized carbons (Fsp3) is 0.0769. The predicted octanol–water partition coefficient (Wildman–Crippen LogP) is 3.67. The molecule has 90 valence electrons. The third kappa shape index (κ3) is 2.49. The Kier molecular flexibility index (Phi) is 3.58. The summed E-state index contributed by atoms with van der Waals surface area (Å²) in [6.45, 7) is 0. The van der Waals surface area contributed by atoms with Crippen molar-refractivity contribution in [2.75, 3.05) is 0 Å². The topological polar surface area (TPSA) is 54.0 Å². The van der Waals surface area contributed by atoms with E-state index < -0.39 is 17.5 Å². The van der Waals surface area contributed by atoms with Gasteiger partial charge in [-0.25, -0.2) is 4.39 Å². The zero-order valence-corrected chi connectivity index (χ0v) is 10.6. The highest BCUT2D eigenvalue weighted by molar-refractivity contribution is 9.10. The molecule has 0 aliphatic carbocycles. The van der Waals surface area contributed by atoms with Crippen LogP contribution in [0.25, 0.3) is 0 Å². The summed E-state index contributed by atoms with van der Waals surface area (Å²) in [7, 11) is 0. The largest absolute Gasteiger partial charge is 0.446 e. The normalized spacial score (nSPS) is 11.8. The highest BCUT2D eigenvalue weighted by atomic mass is 79.9. The molecule has 1 atom stereocenters. The monoisotopic (exact) mass is 307 g/mol. The van der Waals surface area contributed by atoms with E-state index in [4.69, 9.17) is 9.68 Å². The maximum absolute atomic E-state index is 12.8. The first-order valence-electron chi connectivity index (χ1n) is 5.06. The maximum atomic E-state index is 12.8. The van der Waals surface area contributed by atoms with E-state index in [0.29, 0.717) is 10.2 Å². The molecule has 0 bridgehead atoms. The van der Waals surface area contributed by atoms with E-state index in [1.54, 1.807) is 6.07 Å². The molecule has 18 heavy (non-hydrogen) atoms. The van der Waals surface area contributed by atoms with E-state index in [0.717, 1.165) is 0 Å². The van der Waals surface area contributed by atoms with Crippen LogP contribution >= 0.6 is 15.9 Å². The van der Waals surface area contributed by atoms with Gasteiger partial charge in [0.1, 0.15) is 11.7 Å². The third-order valence-corrected chi connectivity index (χ3v) is 2.84. The fourth-order valence-corrected chi connectivity index (χ4v) is 1.84. The number of benzene rings is 1. The first kappa shape index (κ1) is 12.5. The van der Waals surface area contributed by atoms with E-state index >= 15 is 0 Å². The molecular formula is C13H7BrFNO2. The predicted molar refractivity (Wildman–Crippen MR) is 65.5 cm³/mol. The quantitative estimate of drug-likeness (QED) is 0.813. The van der Waals surface area contributed by atoms with Crippen molar-refractivity contribution in [1.29, 1.82) is 5.26 Å². The first-order valence-corrected chi connectivity index (χ1v) is 5.86. The standard InChI is InChI=1S/C13H7BrFNO2/c14-12-6-5-11(18-12)13(17)10(7-16)8-1-3-9(15)4-2-8/h1-6,10H. The summed E-state index contributed by atoms with van der Waals surface area (Å²) in [5, 5.41) is 9.07. The Morgan fingerprint density at radius 3 is 2.44 bits per heavy atom. The Hall–Kier alpha value is -1.93. The Bertz CT molecular complexity index is 613. The lowest BCUT2D eigenvalue weighted by atomic mass is 9.95. The summed E-state index contributed by atoms with van der Waals surface area (Å²) in [6.07, 6.45) is 0. The number of halogens is 2. The number of rotatable bonds is 3. The molecule has 1 aromatic heterocycles. The average Bonchev–Trinajstić information content (AvgIpc) is 2.79. The zero-order valence-electron chi connectivity index (χ0n) is 9.06. The molecule has 0 fully saturated rings. The molecule has 0 saturated heterocycles. The third-order valence-electron chi connectivity index (χ3n) is 2.41. The molecule has 0 saturated carbocycles. The Labute approximate surface area is 111 Å². The van der Waals surface area contributed by atoms with E-state index in [9.17, 15) is 9.18 Å².